The summed E-state index contributed by atoms with van der Waals surface area (Å²) >= 11 is 5.56. The minimum Gasteiger partial charge on any atom is -0.494 e. The van der Waals surface area contributed by atoms with Crippen molar-refractivity contribution in [3.05, 3.63) is 29.9 Å². The van der Waals surface area contributed by atoms with Crippen LogP contribution in [0.25, 0.3) is 0 Å². The number of nitrogens with one attached hydrogen (secondary N) is 1. The fourth-order valence-corrected chi connectivity index (χ4v) is 1.53. The van der Waals surface area contributed by atoms with Crippen molar-refractivity contribution in [2.45, 2.75) is 6.42 Å². The van der Waals surface area contributed by atoms with Crippen molar-refractivity contribution in [3.8, 4) is 5.75 Å². The number of ether oxygens (including phenoxy) is 1. The molecule has 1 heterocycles. The van der Waals surface area contributed by atoms with E-state index in [-0.39, 0.29) is 11.8 Å². The Balaban J connectivity index is 2.17. The zero-order valence-corrected chi connectivity index (χ0v) is 10.4. The minimum absolute atomic E-state index is 0.208. The smallest absolute Gasteiger partial charge is 0.320 e. The lowest BCUT2D eigenvalue weighted by atomic mass is 10.3. The molecule has 0 fully saturated rings. The number of aryl methyl sites for hydroxylation is 1. The number of hydrogen-bond acceptors (Lipinski definition) is 5. The fourth-order valence-electron chi connectivity index (χ4n) is 1.37. The average molecular weight is 272 g/mol. The summed E-state index contributed by atoms with van der Waals surface area (Å²) in [6, 6.07) is 4.30. The molecule has 0 aliphatic heterocycles. The molecule has 5 nitrogen and oxygen atoms in total. The number of methoxy groups -OCH3 is 1. The van der Waals surface area contributed by atoms with Crippen molar-refractivity contribution >= 4 is 23.3 Å². The molecule has 2 aromatic rings. The molecule has 0 atom stereocenters. The van der Waals surface area contributed by atoms with Crippen molar-refractivity contribution in [3.63, 3.8) is 0 Å². The highest BCUT2D eigenvalue weighted by Gasteiger charge is 2.09. The molecule has 0 amide bonds. The van der Waals surface area contributed by atoms with Crippen molar-refractivity contribution < 1.29 is 13.5 Å². The van der Waals surface area contributed by atoms with Crippen molar-refractivity contribution in [1.29, 1.82) is 0 Å². The van der Waals surface area contributed by atoms with E-state index < -0.39 is 0 Å². The molecule has 1 aromatic heterocycles. The first-order chi connectivity index (χ1) is 8.72. The molecule has 1 aromatic carbocycles. The summed E-state index contributed by atoms with van der Waals surface area (Å²) < 4.78 is 23.3. The van der Waals surface area contributed by atoms with Gasteiger partial charge in [0, 0.05) is 18.4 Å². The zero-order chi connectivity index (χ0) is 13.0. The first-order valence-corrected chi connectivity index (χ1v) is 5.75. The van der Waals surface area contributed by atoms with Crippen LogP contribution in [0.2, 0.25) is 0 Å². The highest BCUT2D eigenvalue weighted by Crippen LogP contribution is 2.27. The molecule has 96 valence electrons. The average Bonchev–Trinajstić information content (AvgIpc) is 2.79. The maximum Gasteiger partial charge on any atom is 0.320 e. The van der Waals surface area contributed by atoms with Gasteiger partial charge in [-0.2, -0.15) is 0 Å². The van der Waals surface area contributed by atoms with Gasteiger partial charge in [0.1, 0.15) is 11.6 Å². The molecule has 18 heavy (non-hydrogen) atoms. The van der Waals surface area contributed by atoms with E-state index in [4.69, 9.17) is 20.8 Å². The Bertz CT molecular complexity index is 533. The van der Waals surface area contributed by atoms with Gasteiger partial charge in [-0.05, 0) is 12.1 Å². The normalized spacial score (nSPS) is 10.4. The molecule has 0 saturated heterocycles. The van der Waals surface area contributed by atoms with Gasteiger partial charge >= 0.3 is 6.01 Å². The topological polar surface area (TPSA) is 60.2 Å². The van der Waals surface area contributed by atoms with Crippen molar-refractivity contribution in [2.24, 2.45) is 0 Å². The number of rotatable bonds is 5. The van der Waals surface area contributed by atoms with Crippen molar-refractivity contribution in [2.75, 3.05) is 18.3 Å². The number of halogens is 2. The molecular formula is C11H11ClFN3O2. The zero-order valence-electron chi connectivity index (χ0n) is 9.61. The Morgan fingerprint density at radius 1 is 1.44 bits per heavy atom. The third-order valence-electron chi connectivity index (χ3n) is 2.18. The molecule has 0 radical (unpaired) electrons. The van der Waals surface area contributed by atoms with Crippen LogP contribution in [-0.4, -0.2) is 23.2 Å². The maximum absolute atomic E-state index is 13.0. The molecule has 0 saturated carbocycles. The fraction of sp³-hybridized carbons (Fsp3) is 0.273. The Morgan fingerprint density at radius 3 is 3.00 bits per heavy atom. The lowest BCUT2D eigenvalue weighted by Crippen LogP contribution is -1.95. The van der Waals surface area contributed by atoms with E-state index in [1.165, 1.54) is 25.3 Å². The first kappa shape index (κ1) is 12.6. The third kappa shape index (κ3) is 2.89. The quantitative estimate of drug-likeness (QED) is 0.848. The van der Waals surface area contributed by atoms with E-state index in [0.29, 0.717) is 29.6 Å². The van der Waals surface area contributed by atoms with E-state index in [0.717, 1.165) is 0 Å². The highest BCUT2D eigenvalue weighted by atomic mass is 35.5. The summed E-state index contributed by atoms with van der Waals surface area (Å²) in [6.07, 6.45) is 0.497. The van der Waals surface area contributed by atoms with Gasteiger partial charge in [0.05, 0.1) is 12.8 Å². The summed E-state index contributed by atoms with van der Waals surface area (Å²) in [6.45, 7) is 0. The van der Waals surface area contributed by atoms with E-state index in [1.807, 2.05) is 0 Å². The molecule has 0 unspecified atom stereocenters. The lowest BCUT2D eigenvalue weighted by molar-refractivity contribution is 0.413. The summed E-state index contributed by atoms with van der Waals surface area (Å²) in [4.78, 5) is 0. The molecular weight excluding hydrogens is 261 g/mol. The van der Waals surface area contributed by atoms with Crippen LogP contribution < -0.4 is 10.1 Å². The summed E-state index contributed by atoms with van der Waals surface area (Å²) in [5.41, 5.74) is 0.542. The lowest BCUT2D eigenvalue weighted by Gasteiger charge is -2.07. The minimum atomic E-state index is -0.384. The monoisotopic (exact) mass is 271 g/mol. The second-order valence-electron chi connectivity index (χ2n) is 3.41. The molecule has 0 aliphatic rings. The Hall–Kier alpha value is -1.82. The number of nitrogens with zero attached hydrogens (tertiary/aromatic N) is 2. The van der Waals surface area contributed by atoms with Crippen LogP contribution in [0.1, 0.15) is 5.89 Å². The summed E-state index contributed by atoms with van der Waals surface area (Å²) in [5.74, 6) is 0.813. The standard InChI is InChI=1S/C11H11ClFN3O2/c1-17-9-6-7(13)2-3-8(9)14-11-16-15-10(18-11)4-5-12/h2-3,6H,4-5H2,1H3,(H,14,16). The number of anilines is 2. The molecule has 7 heteroatoms. The second-order valence-corrected chi connectivity index (χ2v) is 3.79. The molecule has 0 aliphatic carbocycles. The van der Waals surface area contributed by atoms with Crippen LogP contribution in [0, 0.1) is 5.82 Å². The highest BCUT2D eigenvalue weighted by molar-refractivity contribution is 6.17. The number of hydrogen-bond donors (Lipinski definition) is 1. The first-order valence-electron chi connectivity index (χ1n) is 5.22. The van der Waals surface area contributed by atoms with Gasteiger partial charge in [0.15, 0.2) is 0 Å². The van der Waals surface area contributed by atoms with E-state index in [2.05, 4.69) is 15.5 Å². The van der Waals surface area contributed by atoms with E-state index in [9.17, 15) is 4.39 Å². The van der Waals surface area contributed by atoms with Crippen LogP contribution >= 0.6 is 11.6 Å². The van der Waals surface area contributed by atoms with Gasteiger partial charge in [-0.1, -0.05) is 5.10 Å². The van der Waals surface area contributed by atoms with Crippen LogP contribution in [0.3, 0.4) is 0 Å². The van der Waals surface area contributed by atoms with E-state index in [1.54, 1.807) is 0 Å². The summed E-state index contributed by atoms with van der Waals surface area (Å²) in [7, 11) is 1.45. The maximum atomic E-state index is 13.0. The molecule has 1 N–H and O–H groups in total. The van der Waals surface area contributed by atoms with Crippen LogP contribution in [-0.2, 0) is 6.42 Å². The number of benzene rings is 1. The van der Waals surface area contributed by atoms with Gasteiger partial charge in [-0.25, -0.2) is 4.39 Å². The van der Waals surface area contributed by atoms with Crippen molar-refractivity contribution in [1.82, 2.24) is 10.2 Å². The van der Waals surface area contributed by atoms with Gasteiger partial charge in [0.25, 0.3) is 0 Å². The molecule has 2 rings (SSSR count). The van der Waals surface area contributed by atoms with Crippen LogP contribution in [0.4, 0.5) is 16.1 Å². The van der Waals surface area contributed by atoms with Gasteiger partial charge in [-0.3, -0.25) is 0 Å². The van der Waals surface area contributed by atoms with Crippen LogP contribution in [0.5, 0.6) is 5.75 Å². The van der Waals surface area contributed by atoms with Gasteiger partial charge < -0.3 is 14.5 Å². The number of alkyl halides is 1. The molecule has 0 spiro atoms. The Kier molecular flexibility index (Phi) is 3.99. The Morgan fingerprint density at radius 2 is 2.28 bits per heavy atom. The van der Waals surface area contributed by atoms with Gasteiger partial charge in [0.2, 0.25) is 5.89 Å². The molecule has 0 bridgehead atoms. The predicted molar refractivity (Wildman–Crippen MR) is 65.0 cm³/mol. The van der Waals surface area contributed by atoms with E-state index >= 15 is 0 Å². The predicted octanol–water partition coefficient (Wildman–Crippen LogP) is 2.74. The second kappa shape index (κ2) is 5.68. The summed E-state index contributed by atoms with van der Waals surface area (Å²) in [5, 5.41) is 10.4. The van der Waals surface area contributed by atoms with Crippen LogP contribution in [0.15, 0.2) is 22.6 Å². The third-order valence-corrected chi connectivity index (χ3v) is 2.37. The SMILES string of the molecule is COc1cc(F)ccc1Nc1nnc(CCCl)o1. The Labute approximate surface area is 108 Å². The number of aromatic nitrogens is 2. The largest absolute Gasteiger partial charge is 0.494 e. The van der Waals surface area contributed by atoms with Gasteiger partial charge in [-0.15, -0.1) is 16.7 Å².